The van der Waals surface area contributed by atoms with Crippen molar-refractivity contribution in [3.8, 4) is 16.9 Å². The van der Waals surface area contributed by atoms with Gasteiger partial charge in [0.2, 0.25) is 5.91 Å². The molecule has 1 heterocycles. The van der Waals surface area contributed by atoms with E-state index in [0.29, 0.717) is 26.0 Å². The van der Waals surface area contributed by atoms with Gasteiger partial charge in [-0.05, 0) is 60.1 Å². The van der Waals surface area contributed by atoms with Gasteiger partial charge in [0.15, 0.2) is 0 Å². The van der Waals surface area contributed by atoms with Crippen molar-refractivity contribution in [3.63, 3.8) is 0 Å². The van der Waals surface area contributed by atoms with E-state index in [1.54, 1.807) is 6.20 Å². The van der Waals surface area contributed by atoms with E-state index in [4.69, 9.17) is 9.26 Å². The number of fused-ring (bicyclic) bond motifs is 1. The van der Waals surface area contributed by atoms with Crippen LogP contribution in [-0.2, 0) is 31.4 Å². The molecule has 4 rings (SSSR count). The van der Waals surface area contributed by atoms with Crippen LogP contribution in [-0.4, -0.2) is 36.0 Å². The third kappa shape index (κ3) is 7.85. The van der Waals surface area contributed by atoms with Crippen LogP contribution in [0.15, 0.2) is 60.8 Å². The van der Waals surface area contributed by atoms with Crippen LogP contribution in [0.25, 0.3) is 23.3 Å². The maximum Gasteiger partial charge on any atom is 0.471 e. The zero-order chi connectivity index (χ0) is 26.8. The number of carbonyl (C=O) groups excluding carboxylic acids is 1. The number of carbonyl (C=O) groups is 1. The molecule has 0 bridgehead atoms. The first-order valence-electron chi connectivity index (χ1n) is 12.7. The Bertz CT molecular complexity index is 1410. The van der Waals surface area contributed by atoms with Gasteiger partial charge >= 0.3 is 7.82 Å². The molecule has 200 valence electrons. The van der Waals surface area contributed by atoms with Gasteiger partial charge < -0.3 is 14.9 Å². The Labute approximate surface area is 222 Å². The Morgan fingerprint density at radius 2 is 1.89 bits per heavy atom. The third-order valence-electron chi connectivity index (χ3n) is 6.18. The van der Waals surface area contributed by atoms with Crippen molar-refractivity contribution in [2.75, 3.05) is 20.3 Å². The lowest BCUT2D eigenvalue weighted by molar-refractivity contribution is -0.120. The molecular weight excluding hydrogens is 503 g/mol. The lowest BCUT2D eigenvalue weighted by atomic mass is 9.94. The van der Waals surface area contributed by atoms with E-state index < -0.39 is 7.82 Å². The number of hydrogen-bond donors (Lipinski definition) is 2. The number of ether oxygens (including phenoxy) is 1. The quantitative estimate of drug-likeness (QED) is 0.252. The molecule has 3 aromatic rings. The molecule has 1 amide bonds. The predicted molar refractivity (Wildman–Crippen MR) is 147 cm³/mol. The van der Waals surface area contributed by atoms with Gasteiger partial charge in [-0.15, -0.1) is 0 Å². The highest BCUT2D eigenvalue weighted by Crippen LogP contribution is 2.41. The Morgan fingerprint density at radius 3 is 2.71 bits per heavy atom. The number of benzene rings is 2. The number of phosphoric ester groups is 1. The van der Waals surface area contributed by atoms with Crippen molar-refractivity contribution in [1.82, 2.24) is 10.3 Å². The molecule has 1 aliphatic rings. The molecular formula is C29H33N2O6P. The minimum absolute atomic E-state index is 0.0748. The molecule has 0 spiro atoms. The van der Waals surface area contributed by atoms with Gasteiger partial charge in [0, 0.05) is 25.1 Å². The summed E-state index contributed by atoms with van der Waals surface area (Å²) in [6.07, 6.45) is 9.29. The number of unbranched alkanes of at least 4 members (excludes halogenated alkanes) is 1. The first-order valence-corrected chi connectivity index (χ1v) is 14.2. The van der Waals surface area contributed by atoms with E-state index in [-0.39, 0.29) is 18.9 Å². The maximum absolute atomic E-state index is 12.8. The highest BCUT2D eigenvalue weighted by Gasteiger charge is 2.17. The van der Waals surface area contributed by atoms with E-state index >= 15 is 0 Å². The van der Waals surface area contributed by atoms with Crippen LogP contribution in [0.1, 0.15) is 36.8 Å². The number of nitrogens with one attached hydrogen (secondary N) is 1. The molecule has 0 saturated heterocycles. The number of aromatic nitrogens is 1. The first kappa shape index (κ1) is 27.7. The lowest BCUT2D eigenvalue weighted by Gasteiger charge is -2.15. The molecule has 9 heteroatoms. The van der Waals surface area contributed by atoms with Crippen LogP contribution in [0, 0.1) is 0 Å². The summed E-state index contributed by atoms with van der Waals surface area (Å²) in [5.41, 5.74) is 3.91. The van der Waals surface area contributed by atoms with Gasteiger partial charge in [0.1, 0.15) is 12.4 Å². The van der Waals surface area contributed by atoms with Gasteiger partial charge in [-0.1, -0.05) is 54.6 Å². The Kier molecular flexibility index (Phi) is 9.85. The van der Waals surface area contributed by atoms with Crippen LogP contribution in [0.2, 0.25) is 0 Å². The maximum atomic E-state index is 12.8. The molecule has 1 unspecified atom stereocenters. The van der Waals surface area contributed by atoms with Crippen molar-refractivity contribution in [1.29, 1.82) is 0 Å². The SMILES string of the molecule is COP(=O)(O)OCCCCNC(=O)Cc1cnc2c(c1-c1cccc(OCc3ccccc3)c1)=CCCC=2. The fraction of sp³-hybridized carbons (Fsp3) is 0.310. The summed E-state index contributed by atoms with van der Waals surface area (Å²) in [4.78, 5) is 26.7. The summed E-state index contributed by atoms with van der Waals surface area (Å²) in [7, 11) is -2.84. The molecule has 38 heavy (non-hydrogen) atoms. The average Bonchev–Trinajstić information content (AvgIpc) is 2.94. The van der Waals surface area contributed by atoms with Gasteiger partial charge in [-0.25, -0.2) is 4.57 Å². The molecule has 2 N–H and O–H groups in total. The van der Waals surface area contributed by atoms with Crippen LogP contribution < -0.4 is 20.6 Å². The molecule has 0 fully saturated rings. The molecule has 0 saturated carbocycles. The van der Waals surface area contributed by atoms with Gasteiger partial charge in [-0.2, -0.15) is 0 Å². The van der Waals surface area contributed by atoms with Crippen LogP contribution in [0.3, 0.4) is 0 Å². The summed E-state index contributed by atoms with van der Waals surface area (Å²) < 4.78 is 26.6. The highest BCUT2D eigenvalue weighted by atomic mass is 31.2. The van der Waals surface area contributed by atoms with Gasteiger partial charge in [0.25, 0.3) is 0 Å². The second-order valence-electron chi connectivity index (χ2n) is 8.96. The predicted octanol–water partition coefficient (Wildman–Crippen LogP) is 3.88. The molecule has 1 aromatic heterocycles. The second-order valence-corrected chi connectivity index (χ2v) is 10.5. The summed E-state index contributed by atoms with van der Waals surface area (Å²) >= 11 is 0. The number of nitrogens with zero attached hydrogens (tertiary/aromatic N) is 1. The van der Waals surface area contributed by atoms with E-state index in [2.05, 4.69) is 27.0 Å². The Morgan fingerprint density at radius 1 is 1.08 bits per heavy atom. The number of rotatable bonds is 13. The average molecular weight is 537 g/mol. The van der Waals surface area contributed by atoms with E-state index in [9.17, 15) is 14.3 Å². The molecule has 8 nitrogen and oxygen atoms in total. The van der Waals surface area contributed by atoms with Crippen LogP contribution in [0.5, 0.6) is 5.75 Å². The lowest BCUT2D eigenvalue weighted by Crippen LogP contribution is -2.34. The molecule has 1 atom stereocenters. The molecule has 0 radical (unpaired) electrons. The first-order chi connectivity index (χ1) is 18.4. The number of hydrogen-bond acceptors (Lipinski definition) is 6. The summed E-state index contributed by atoms with van der Waals surface area (Å²) in [6, 6.07) is 18.0. The largest absolute Gasteiger partial charge is 0.489 e. The fourth-order valence-corrected chi connectivity index (χ4v) is 4.75. The summed E-state index contributed by atoms with van der Waals surface area (Å²) in [5.74, 6) is 0.644. The van der Waals surface area contributed by atoms with Crippen molar-refractivity contribution in [3.05, 3.63) is 82.5 Å². The Balaban J connectivity index is 1.46. The number of amides is 1. The summed E-state index contributed by atoms with van der Waals surface area (Å²) in [6.45, 7) is 0.979. The topological polar surface area (TPSA) is 107 Å². The number of pyridine rings is 1. The van der Waals surface area contributed by atoms with Crippen molar-refractivity contribution >= 4 is 25.9 Å². The molecule has 1 aliphatic carbocycles. The van der Waals surface area contributed by atoms with Crippen LogP contribution in [0.4, 0.5) is 0 Å². The van der Waals surface area contributed by atoms with E-state index in [1.165, 1.54) is 0 Å². The number of phosphoric acid groups is 1. The van der Waals surface area contributed by atoms with Gasteiger partial charge in [-0.3, -0.25) is 18.8 Å². The highest BCUT2D eigenvalue weighted by molar-refractivity contribution is 7.47. The normalized spacial score (nSPS) is 13.9. The standard InChI is InChI=1S/C29H33N2O6P/c1-35-38(33,34)37-17-8-7-16-30-28(32)19-24-20-31-27-15-6-5-14-26(27)29(24)23-12-9-13-25(18-23)36-21-22-10-3-2-4-11-22/h2-4,9-15,18,20H,5-8,16-17,19,21H2,1H3,(H,30,32)(H,33,34). The third-order valence-corrected chi connectivity index (χ3v) is 7.15. The second kappa shape index (κ2) is 13.5. The smallest absolute Gasteiger partial charge is 0.471 e. The minimum Gasteiger partial charge on any atom is -0.489 e. The van der Waals surface area contributed by atoms with Crippen molar-refractivity contribution in [2.24, 2.45) is 0 Å². The molecule has 2 aromatic carbocycles. The zero-order valence-corrected chi connectivity index (χ0v) is 22.4. The Hall–Kier alpha value is -3.29. The zero-order valence-electron chi connectivity index (χ0n) is 21.5. The van der Waals surface area contributed by atoms with Crippen molar-refractivity contribution < 1.29 is 28.0 Å². The van der Waals surface area contributed by atoms with E-state index in [0.717, 1.165) is 58.5 Å². The molecule has 0 aliphatic heterocycles. The summed E-state index contributed by atoms with van der Waals surface area (Å²) in [5, 5.41) is 4.90. The van der Waals surface area contributed by atoms with Crippen molar-refractivity contribution in [2.45, 2.75) is 38.7 Å². The fourth-order valence-electron chi connectivity index (χ4n) is 4.28. The van der Waals surface area contributed by atoms with E-state index in [1.807, 2.05) is 54.6 Å². The minimum atomic E-state index is -3.96. The van der Waals surface area contributed by atoms with Gasteiger partial charge in [0.05, 0.1) is 18.4 Å². The van der Waals surface area contributed by atoms with Crippen LogP contribution >= 0.6 is 7.82 Å². The monoisotopic (exact) mass is 536 g/mol.